The Balaban J connectivity index is 0.00000441. The van der Waals surface area contributed by atoms with E-state index in [1.165, 1.54) is 18.2 Å². The number of anilines is 1. The molecule has 0 amide bonds. The first-order valence-electron chi connectivity index (χ1n) is 5.95. The smallest absolute Gasteiger partial charge is 0.406 e. The van der Waals surface area contributed by atoms with Crippen molar-refractivity contribution in [3.05, 3.63) is 24.3 Å². The molecule has 0 aliphatic heterocycles. The average Bonchev–Trinajstić information content (AvgIpc) is 2.35. The van der Waals surface area contributed by atoms with E-state index in [-0.39, 0.29) is 42.2 Å². The maximum absolute atomic E-state index is 12.1. The van der Waals surface area contributed by atoms with Crippen LogP contribution in [0.2, 0.25) is 0 Å². The Hall–Kier alpha value is -1.70. The number of hydrogen-bond donors (Lipinski definition) is 2. The topological polar surface area (TPSA) is 83.4 Å². The minimum atomic E-state index is -4.75. The molecule has 1 aromatic carbocycles. The number of halogens is 4. The highest BCUT2D eigenvalue weighted by Crippen LogP contribution is 2.25. The second-order valence-corrected chi connectivity index (χ2v) is 4.90. The van der Waals surface area contributed by atoms with Crippen LogP contribution in [0.25, 0.3) is 0 Å². The summed E-state index contributed by atoms with van der Waals surface area (Å²) in [6.45, 7) is 3.56. The summed E-state index contributed by atoms with van der Waals surface area (Å²) in [5.74, 6) is -0.361. The molecule has 3 N–H and O–H groups in total. The number of nitrogens with zero attached hydrogens (tertiary/aromatic N) is 2. The van der Waals surface area contributed by atoms with Gasteiger partial charge in [0.1, 0.15) is 5.75 Å². The quantitative estimate of drug-likeness (QED) is 0.437. The van der Waals surface area contributed by atoms with Crippen molar-refractivity contribution in [1.29, 1.82) is 5.26 Å². The van der Waals surface area contributed by atoms with Crippen LogP contribution in [0.5, 0.6) is 5.75 Å². The van der Waals surface area contributed by atoms with E-state index in [1.807, 2.05) is 0 Å². The SMILES string of the molecule is CC(C)(C#N)CN=C(N)Nc1cccc(OC(F)(F)F)c1.I. The van der Waals surface area contributed by atoms with Crippen LogP contribution in [0, 0.1) is 16.7 Å². The lowest BCUT2D eigenvalue weighted by Crippen LogP contribution is -2.25. The molecule has 0 aliphatic carbocycles. The molecule has 5 nitrogen and oxygen atoms in total. The van der Waals surface area contributed by atoms with Gasteiger partial charge in [-0.3, -0.25) is 4.99 Å². The van der Waals surface area contributed by atoms with Crippen molar-refractivity contribution >= 4 is 35.6 Å². The summed E-state index contributed by atoms with van der Waals surface area (Å²) in [5.41, 5.74) is 5.24. The molecule has 0 aliphatic rings. The molecule has 0 fully saturated rings. The molecule has 22 heavy (non-hydrogen) atoms. The Morgan fingerprint density at radius 3 is 2.59 bits per heavy atom. The number of aliphatic imine (C=N–C) groups is 1. The number of alkyl halides is 3. The monoisotopic (exact) mass is 428 g/mol. The lowest BCUT2D eigenvalue weighted by atomic mass is 9.96. The van der Waals surface area contributed by atoms with Gasteiger partial charge in [0.25, 0.3) is 0 Å². The minimum Gasteiger partial charge on any atom is -0.406 e. The summed E-state index contributed by atoms with van der Waals surface area (Å²) in [5, 5.41) is 11.5. The number of nitrogens with two attached hydrogens (primary N) is 1. The summed E-state index contributed by atoms with van der Waals surface area (Å²) < 4.78 is 40.1. The second-order valence-electron chi connectivity index (χ2n) is 4.90. The van der Waals surface area contributed by atoms with Crippen molar-refractivity contribution < 1.29 is 17.9 Å². The molecule has 9 heteroatoms. The number of ether oxygens (including phenoxy) is 1. The average molecular weight is 428 g/mol. The lowest BCUT2D eigenvalue weighted by molar-refractivity contribution is -0.274. The van der Waals surface area contributed by atoms with Crippen LogP contribution < -0.4 is 15.8 Å². The molecule has 0 radical (unpaired) electrons. The zero-order chi connectivity index (χ0) is 16.1. The first-order chi connectivity index (χ1) is 9.61. The molecule has 1 rings (SSSR count). The fourth-order valence-electron chi connectivity index (χ4n) is 1.28. The van der Waals surface area contributed by atoms with E-state index >= 15 is 0 Å². The summed E-state index contributed by atoms with van der Waals surface area (Å²) in [6, 6.07) is 7.28. The first kappa shape index (κ1) is 20.3. The molecule has 0 saturated heterocycles. The zero-order valence-corrected chi connectivity index (χ0v) is 14.3. The molecule has 0 atom stereocenters. The third-order valence-corrected chi connectivity index (χ3v) is 2.29. The van der Waals surface area contributed by atoms with Crippen LogP contribution in [0.15, 0.2) is 29.3 Å². The maximum atomic E-state index is 12.1. The van der Waals surface area contributed by atoms with E-state index in [0.29, 0.717) is 5.69 Å². The van der Waals surface area contributed by atoms with Gasteiger partial charge in [-0.1, -0.05) is 6.07 Å². The normalized spacial score (nSPS) is 12.1. The van der Waals surface area contributed by atoms with Crippen molar-refractivity contribution in [3.63, 3.8) is 0 Å². The van der Waals surface area contributed by atoms with Gasteiger partial charge in [0, 0.05) is 11.8 Å². The Labute approximate surface area is 143 Å². The van der Waals surface area contributed by atoms with Gasteiger partial charge in [-0.05, 0) is 26.0 Å². The molecule has 1 aromatic rings. The molecule has 122 valence electrons. The van der Waals surface area contributed by atoms with Crippen LogP contribution in [0.3, 0.4) is 0 Å². The summed E-state index contributed by atoms with van der Waals surface area (Å²) >= 11 is 0. The zero-order valence-electron chi connectivity index (χ0n) is 11.9. The highest BCUT2D eigenvalue weighted by atomic mass is 127. The van der Waals surface area contributed by atoms with Gasteiger partial charge in [-0.2, -0.15) is 5.26 Å². The van der Waals surface area contributed by atoms with Gasteiger partial charge in [-0.25, -0.2) is 0 Å². The predicted octanol–water partition coefficient (Wildman–Crippen LogP) is 3.48. The van der Waals surface area contributed by atoms with E-state index < -0.39 is 11.8 Å². The predicted molar refractivity (Wildman–Crippen MR) is 88.0 cm³/mol. The van der Waals surface area contributed by atoms with Crippen LogP contribution in [-0.2, 0) is 0 Å². The Bertz CT molecular complexity index is 567. The minimum absolute atomic E-state index is 0. The van der Waals surface area contributed by atoms with E-state index in [0.717, 1.165) is 6.07 Å². The van der Waals surface area contributed by atoms with Gasteiger partial charge in [0.2, 0.25) is 0 Å². The molecule has 0 unspecified atom stereocenters. The van der Waals surface area contributed by atoms with Crippen molar-refractivity contribution in [2.45, 2.75) is 20.2 Å². The molecule has 0 aromatic heterocycles. The van der Waals surface area contributed by atoms with Crippen molar-refractivity contribution in [2.75, 3.05) is 11.9 Å². The van der Waals surface area contributed by atoms with E-state index in [4.69, 9.17) is 11.0 Å². The van der Waals surface area contributed by atoms with Gasteiger partial charge in [-0.15, -0.1) is 37.1 Å². The number of nitrogens with one attached hydrogen (secondary N) is 1. The Morgan fingerprint density at radius 2 is 2.05 bits per heavy atom. The van der Waals surface area contributed by atoms with Crippen molar-refractivity contribution in [1.82, 2.24) is 0 Å². The fraction of sp³-hybridized carbons (Fsp3) is 0.385. The molecular weight excluding hydrogens is 412 g/mol. The number of hydrogen-bond acceptors (Lipinski definition) is 3. The van der Waals surface area contributed by atoms with Gasteiger partial charge < -0.3 is 15.8 Å². The van der Waals surface area contributed by atoms with Crippen LogP contribution in [0.1, 0.15) is 13.8 Å². The largest absolute Gasteiger partial charge is 0.573 e. The Morgan fingerprint density at radius 1 is 1.41 bits per heavy atom. The van der Waals surface area contributed by atoms with E-state index in [9.17, 15) is 13.2 Å². The van der Waals surface area contributed by atoms with E-state index in [1.54, 1.807) is 13.8 Å². The maximum Gasteiger partial charge on any atom is 0.573 e. The number of rotatable bonds is 4. The molecule has 0 bridgehead atoms. The number of nitriles is 1. The van der Waals surface area contributed by atoms with Gasteiger partial charge >= 0.3 is 6.36 Å². The van der Waals surface area contributed by atoms with Gasteiger partial charge in [0.05, 0.1) is 18.0 Å². The molecule has 0 spiro atoms. The summed E-state index contributed by atoms with van der Waals surface area (Å²) in [6.07, 6.45) is -4.75. The molecular formula is C13H16F3IN4O. The van der Waals surface area contributed by atoms with Crippen LogP contribution in [0.4, 0.5) is 18.9 Å². The number of guanidine groups is 1. The third-order valence-electron chi connectivity index (χ3n) is 2.29. The van der Waals surface area contributed by atoms with Crippen LogP contribution >= 0.6 is 24.0 Å². The fourth-order valence-corrected chi connectivity index (χ4v) is 1.28. The standard InChI is InChI=1S/C13H15F3N4O.HI/c1-12(2,7-17)8-19-11(18)20-9-4-3-5-10(6-9)21-13(14,15)16;/h3-6H,8H2,1-2H3,(H3,18,19,20);1H. The van der Waals surface area contributed by atoms with Crippen LogP contribution in [-0.4, -0.2) is 18.9 Å². The van der Waals surface area contributed by atoms with Crippen molar-refractivity contribution in [2.24, 2.45) is 16.1 Å². The second kappa shape index (κ2) is 8.07. The summed E-state index contributed by atoms with van der Waals surface area (Å²) in [7, 11) is 0. The Kier molecular flexibility index (Phi) is 7.45. The summed E-state index contributed by atoms with van der Waals surface area (Å²) in [4.78, 5) is 3.96. The number of benzene rings is 1. The first-order valence-corrected chi connectivity index (χ1v) is 5.95. The lowest BCUT2D eigenvalue weighted by Gasteiger charge is -2.13. The van der Waals surface area contributed by atoms with E-state index in [2.05, 4.69) is 21.1 Å². The van der Waals surface area contributed by atoms with Gasteiger partial charge in [0.15, 0.2) is 5.96 Å². The molecule has 0 saturated carbocycles. The highest BCUT2D eigenvalue weighted by Gasteiger charge is 2.31. The highest BCUT2D eigenvalue weighted by molar-refractivity contribution is 14.0. The van der Waals surface area contributed by atoms with Crippen molar-refractivity contribution in [3.8, 4) is 11.8 Å². The third kappa shape index (κ3) is 7.92. The molecule has 0 heterocycles.